The minimum Gasteiger partial charge on any atom is -0.325 e. The van der Waals surface area contributed by atoms with Gasteiger partial charge in [0.05, 0.1) is 22.2 Å². The smallest absolute Gasteiger partial charge is 0.259 e. The Hall–Kier alpha value is -3.14. The van der Waals surface area contributed by atoms with Crippen LogP contribution in [0.3, 0.4) is 0 Å². The van der Waals surface area contributed by atoms with Gasteiger partial charge < -0.3 is 10.2 Å². The maximum absolute atomic E-state index is 13.0. The van der Waals surface area contributed by atoms with E-state index in [-0.39, 0.29) is 10.8 Å². The number of nitrogens with one attached hydrogen (secondary N) is 2. The number of nitrogens with zero attached hydrogens (tertiary/aromatic N) is 1. The van der Waals surface area contributed by atoms with Crippen molar-refractivity contribution in [1.29, 1.82) is 0 Å². The van der Waals surface area contributed by atoms with Crippen LogP contribution >= 0.6 is 11.8 Å². The SMILES string of the molecule is CCN1C(=O)c2ccccc2Sc2cc(NC(=O)[C@H](C)NS(=O)(=O)c3ccc(C)cc3)ccc21. The third kappa shape index (κ3) is 4.86. The summed E-state index contributed by atoms with van der Waals surface area (Å²) in [5, 5.41) is 2.78. The molecule has 0 saturated heterocycles. The van der Waals surface area contributed by atoms with Crippen molar-refractivity contribution in [2.24, 2.45) is 0 Å². The number of carbonyl (C=O) groups is 2. The Morgan fingerprint density at radius 3 is 2.44 bits per heavy atom. The van der Waals surface area contributed by atoms with Gasteiger partial charge in [0.1, 0.15) is 0 Å². The van der Waals surface area contributed by atoms with Crippen LogP contribution in [0.1, 0.15) is 29.8 Å². The summed E-state index contributed by atoms with van der Waals surface area (Å²) >= 11 is 1.46. The molecule has 7 nitrogen and oxygen atoms in total. The lowest BCUT2D eigenvalue weighted by molar-refractivity contribution is -0.117. The molecule has 0 bridgehead atoms. The van der Waals surface area contributed by atoms with Crippen LogP contribution in [0, 0.1) is 6.92 Å². The van der Waals surface area contributed by atoms with E-state index >= 15 is 0 Å². The largest absolute Gasteiger partial charge is 0.325 e. The van der Waals surface area contributed by atoms with Crippen LogP contribution in [-0.2, 0) is 14.8 Å². The zero-order valence-electron chi connectivity index (χ0n) is 19.0. The van der Waals surface area contributed by atoms with E-state index in [1.807, 2.05) is 38.1 Å². The molecule has 0 spiro atoms. The fourth-order valence-electron chi connectivity index (χ4n) is 3.64. The van der Waals surface area contributed by atoms with Gasteiger partial charge in [-0.25, -0.2) is 8.42 Å². The lowest BCUT2D eigenvalue weighted by Crippen LogP contribution is -2.41. The van der Waals surface area contributed by atoms with Gasteiger partial charge in [-0.2, -0.15) is 4.72 Å². The Morgan fingerprint density at radius 2 is 1.74 bits per heavy atom. The number of carbonyl (C=O) groups excluding carboxylic acids is 2. The summed E-state index contributed by atoms with van der Waals surface area (Å²) in [7, 11) is -3.84. The second-order valence-electron chi connectivity index (χ2n) is 7.98. The molecule has 2 N–H and O–H groups in total. The maximum atomic E-state index is 13.0. The molecular formula is C25H25N3O4S2. The molecule has 176 valence electrons. The zero-order valence-corrected chi connectivity index (χ0v) is 20.7. The van der Waals surface area contributed by atoms with E-state index in [0.717, 1.165) is 21.0 Å². The lowest BCUT2D eigenvalue weighted by Gasteiger charge is -2.22. The molecule has 0 aromatic heterocycles. The third-order valence-corrected chi connectivity index (χ3v) is 8.15. The summed E-state index contributed by atoms with van der Waals surface area (Å²) in [4.78, 5) is 29.3. The summed E-state index contributed by atoms with van der Waals surface area (Å²) in [6.45, 7) is 5.78. The van der Waals surface area contributed by atoms with Crippen LogP contribution in [0.5, 0.6) is 0 Å². The Bertz CT molecular complexity index is 1350. The van der Waals surface area contributed by atoms with Crippen molar-refractivity contribution in [2.75, 3.05) is 16.8 Å². The predicted molar refractivity (Wildman–Crippen MR) is 134 cm³/mol. The van der Waals surface area contributed by atoms with Crippen LogP contribution in [0.4, 0.5) is 11.4 Å². The minimum atomic E-state index is -3.84. The number of hydrogen-bond donors (Lipinski definition) is 2. The molecule has 1 atom stereocenters. The topological polar surface area (TPSA) is 95.6 Å². The van der Waals surface area contributed by atoms with Crippen molar-refractivity contribution in [1.82, 2.24) is 4.72 Å². The average molecular weight is 496 g/mol. The van der Waals surface area contributed by atoms with Crippen molar-refractivity contribution in [3.05, 3.63) is 77.9 Å². The van der Waals surface area contributed by atoms with E-state index in [1.165, 1.54) is 30.8 Å². The first-order chi connectivity index (χ1) is 16.2. The lowest BCUT2D eigenvalue weighted by atomic mass is 10.1. The van der Waals surface area contributed by atoms with Crippen molar-refractivity contribution < 1.29 is 18.0 Å². The van der Waals surface area contributed by atoms with Crippen molar-refractivity contribution in [3.8, 4) is 0 Å². The predicted octanol–water partition coefficient (Wildman–Crippen LogP) is 4.43. The number of rotatable bonds is 6. The third-order valence-electron chi connectivity index (χ3n) is 5.47. The summed E-state index contributed by atoms with van der Waals surface area (Å²) in [5.41, 5.74) is 2.85. The first kappa shape index (κ1) is 24.0. The Balaban J connectivity index is 1.54. The highest BCUT2D eigenvalue weighted by atomic mass is 32.2. The first-order valence-electron chi connectivity index (χ1n) is 10.8. The molecule has 3 aromatic carbocycles. The van der Waals surface area contributed by atoms with E-state index < -0.39 is 22.0 Å². The van der Waals surface area contributed by atoms with Crippen molar-refractivity contribution in [2.45, 2.75) is 41.5 Å². The zero-order chi connectivity index (χ0) is 24.5. The Labute approximate surface area is 203 Å². The molecule has 0 fully saturated rings. The monoisotopic (exact) mass is 495 g/mol. The molecule has 2 amide bonds. The molecule has 0 aliphatic carbocycles. The molecular weight excluding hydrogens is 470 g/mol. The van der Waals surface area contributed by atoms with Crippen LogP contribution in [0.25, 0.3) is 0 Å². The molecule has 0 unspecified atom stereocenters. The van der Waals surface area contributed by atoms with Gasteiger partial charge in [-0.1, -0.05) is 41.6 Å². The second kappa shape index (κ2) is 9.61. The van der Waals surface area contributed by atoms with E-state index in [1.54, 1.807) is 35.2 Å². The van der Waals surface area contributed by atoms with Gasteiger partial charge in [-0.05, 0) is 63.2 Å². The molecule has 0 saturated carbocycles. The number of benzene rings is 3. The summed E-state index contributed by atoms with van der Waals surface area (Å²) in [6, 6.07) is 18.2. The van der Waals surface area contributed by atoms with Gasteiger partial charge in [0.25, 0.3) is 5.91 Å². The minimum absolute atomic E-state index is 0.0692. The molecule has 1 heterocycles. The number of hydrogen-bond acceptors (Lipinski definition) is 5. The number of anilines is 2. The average Bonchev–Trinajstić information content (AvgIpc) is 2.92. The van der Waals surface area contributed by atoms with E-state index in [2.05, 4.69) is 10.0 Å². The fraction of sp³-hybridized carbons (Fsp3) is 0.200. The highest BCUT2D eigenvalue weighted by Gasteiger charge is 2.27. The molecule has 1 aliphatic heterocycles. The van der Waals surface area contributed by atoms with Crippen LogP contribution < -0.4 is 14.9 Å². The van der Waals surface area contributed by atoms with E-state index in [0.29, 0.717) is 17.8 Å². The van der Waals surface area contributed by atoms with Gasteiger partial charge in [-0.15, -0.1) is 0 Å². The van der Waals surface area contributed by atoms with Crippen LogP contribution in [0.15, 0.2) is 81.4 Å². The van der Waals surface area contributed by atoms with E-state index in [9.17, 15) is 18.0 Å². The van der Waals surface area contributed by atoms with Gasteiger partial charge in [0, 0.05) is 22.0 Å². The van der Waals surface area contributed by atoms with Crippen molar-refractivity contribution in [3.63, 3.8) is 0 Å². The first-order valence-corrected chi connectivity index (χ1v) is 13.1. The number of sulfonamides is 1. The fourth-order valence-corrected chi connectivity index (χ4v) is 5.96. The molecule has 9 heteroatoms. The summed E-state index contributed by atoms with van der Waals surface area (Å²) < 4.78 is 27.7. The van der Waals surface area contributed by atoms with Crippen LogP contribution in [0.2, 0.25) is 0 Å². The Morgan fingerprint density at radius 1 is 1.03 bits per heavy atom. The molecule has 34 heavy (non-hydrogen) atoms. The maximum Gasteiger partial charge on any atom is 0.259 e. The highest BCUT2D eigenvalue weighted by molar-refractivity contribution is 7.99. The second-order valence-corrected chi connectivity index (χ2v) is 10.8. The van der Waals surface area contributed by atoms with Gasteiger partial charge >= 0.3 is 0 Å². The molecule has 1 aliphatic rings. The summed E-state index contributed by atoms with van der Waals surface area (Å²) in [6.07, 6.45) is 0. The molecule has 0 radical (unpaired) electrons. The normalized spacial score (nSPS) is 14.1. The number of aryl methyl sites for hydroxylation is 1. The van der Waals surface area contributed by atoms with E-state index in [4.69, 9.17) is 0 Å². The number of fused-ring (bicyclic) bond motifs is 2. The number of amides is 2. The Kier molecular flexibility index (Phi) is 6.79. The highest BCUT2D eigenvalue weighted by Crippen LogP contribution is 2.42. The van der Waals surface area contributed by atoms with Gasteiger partial charge in [0.15, 0.2) is 0 Å². The van der Waals surface area contributed by atoms with Gasteiger partial charge in [-0.3, -0.25) is 9.59 Å². The van der Waals surface area contributed by atoms with Gasteiger partial charge in [0.2, 0.25) is 15.9 Å². The molecule has 3 aromatic rings. The van der Waals surface area contributed by atoms with Crippen molar-refractivity contribution >= 4 is 45.0 Å². The molecule has 4 rings (SSSR count). The quantitative estimate of drug-likeness (QED) is 0.527. The summed E-state index contributed by atoms with van der Waals surface area (Å²) in [5.74, 6) is -0.557. The standard InChI is InChI=1S/C25H25N3O4S2/c1-4-28-21-14-11-18(15-23(21)33-22-8-6-5-7-20(22)25(28)30)26-24(29)17(3)27-34(31,32)19-12-9-16(2)10-13-19/h5-15,17,27H,4H2,1-3H3,(H,26,29)/t17-/m0/s1. The van der Waals surface area contributed by atoms with Crippen LogP contribution in [-0.4, -0.2) is 32.8 Å².